The Hall–Kier alpha value is -1.17. The third-order valence-electron chi connectivity index (χ3n) is 2.85. The largest absolute Gasteiger partial charge is 0.435 e. The summed E-state index contributed by atoms with van der Waals surface area (Å²) in [6.07, 6.45) is 0. The number of halogens is 3. The molecule has 0 saturated heterocycles. The van der Waals surface area contributed by atoms with Crippen LogP contribution >= 0.6 is 15.9 Å². The second-order valence-electron chi connectivity index (χ2n) is 4.72. The molecule has 1 aromatic carbocycles. The van der Waals surface area contributed by atoms with Gasteiger partial charge in [-0.15, -0.1) is 0 Å². The molecule has 0 aliphatic rings. The minimum absolute atomic E-state index is 0.0223. The van der Waals surface area contributed by atoms with E-state index in [1.807, 2.05) is 13.8 Å². The minimum atomic E-state index is -2.90. The van der Waals surface area contributed by atoms with Gasteiger partial charge in [-0.2, -0.15) is 8.78 Å². The zero-order chi connectivity index (χ0) is 14.6. The molecular weight excluding hydrogens is 320 g/mol. The molecule has 106 valence electrons. The number of amides is 1. The summed E-state index contributed by atoms with van der Waals surface area (Å²) in [6, 6.07) is 5.79. The van der Waals surface area contributed by atoms with E-state index in [2.05, 4.69) is 20.7 Å². The van der Waals surface area contributed by atoms with Gasteiger partial charge in [0.15, 0.2) is 0 Å². The van der Waals surface area contributed by atoms with Gasteiger partial charge < -0.3 is 9.64 Å². The van der Waals surface area contributed by atoms with Gasteiger partial charge in [0, 0.05) is 23.5 Å². The van der Waals surface area contributed by atoms with Crippen molar-refractivity contribution in [2.45, 2.75) is 26.0 Å². The topological polar surface area (TPSA) is 29.5 Å². The normalized spacial score (nSPS) is 11.5. The predicted octanol–water partition coefficient (Wildman–Crippen LogP) is 3.53. The van der Waals surface area contributed by atoms with Crippen LogP contribution in [0.4, 0.5) is 8.78 Å². The molecule has 0 saturated carbocycles. The third-order valence-corrected chi connectivity index (χ3v) is 4.22. The van der Waals surface area contributed by atoms with Crippen LogP contribution < -0.4 is 4.74 Å². The Morgan fingerprint density at radius 3 is 2.63 bits per heavy atom. The highest BCUT2D eigenvalue weighted by Crippen LogP contribution is 2.21. The Morgan fingerprint density at radius 2 is 2.11 bits per heavy atom. The van der Waals surface area contributed by atoms with Gasteiger partial charge in [-0.3, -0.25) is 4.79 Å². The Kier molecular flexibility index (Phi) is 5.29. The SMILES string of the molecule is CN(C(=O)c1cccc(OC(F)F)c1)C(C)(C)CBr. The van der Waals surface area contributed by atoms with Crippen LogP contribution in [0.25, 0.3) is 0 Å². The number of carbonyl (C=O) groups is 1. The fraction of sp³-hybridized carbons (Fsp3) is 0.462. The van der Waals surface area contributed by atoms with Gasteiger partial charge in [-0.05, 0) is 32.0 Å². The van der Waals surface area contributed by atoms with Crippen LogP contribution in [0.5, 0.6) is 5.75 Å². The molecular formula is C13H16BrF2NO2. The minimum Gasteiger partial charge on any atom is -0.435 e. The standard InChI is InChI=1S/C13H16BrF2NO2/c1-13(2,8-14)17(3)11(18)9-5-4-6-10(7-9)19-12(15)16/h4-7,12H,8H2,1-3H3. The highest BCUT2D eigenvalue weighted by molar-refractivity contribution is 9.09. The molecule has 0 aliphatic carbocycles. The van der Waals surface area contributed by atoms with Gasteiger partial charge >= 0.3 is 6.61 Å². The van der Waals surface area contributed by atoms with E-state index in [9.17, 15) is 13.6 Å². The summed E-state index contributed by atoms with van der Waals surface area (Å²) in [7, 11) is 1.67. The van der Waals surface area contributed by atoms with E-state index >= 15 is 0 Å². The smallest absolute Gasteiger partial charge is 0.387 e. The zero-order valence-electron chi connectivity index (χ0n) is 11.0. The third kappa shape index (κ3) is 4.16. The van der Waals surface area contributed by atoms with E-state index in [0.29, 0.717) is 10.9 Å². The molecule has 1 aromatic rings. The van der Waals surface area contributed by atoms with Crippen molar-refractivity contribution in [3.05, 3.63) is 29.8 Å². The van der Waals surface area contributed by atoms with Crippen molar-refractivity contribution in [1.29, 1.82) is 0 Å². The number of benzene rings is 1. The van der Waals surface area contributed by atoms with E-state index in [4.69, 9.17) is 0 Å². The summed E-state index contributed by atoms with van der Waals surface area (Å²) >= 11 is 3.34. The first-order valence-electron chi connectivity index (χ1n) is 5.67. The van der Waals surface area contributed by atoms with Crippen molar-refractivity contribution in [3.63, 3.8) is 0 Å². The summed E-state index contributed by atoms with van der Waals surface area (Å²) in [4.78, 5) is 13.8. The Labute approximate surface area is 119 Å². The number of carbonyl (C=O) groups excluding carboxylic acids is 1. The van der Waals surface area contributed by atoms with Crippen molar-refractivity contribution in [2.75, 3.05) is 12.4 Å². The first kappa shape index (κ1) is 15.9. The van der Waals surface area contributed by atoms with E-state index < -0.39 is 6.61 Å². The molecule has 1 amide bonds. The maximum atomic E-state index is 12.3. The van der Waals surface area contributed by atoms with Crippen LogP contribution in [0, 0.1) is 0 Å². The average molecular weight is 336 g/mol. The van der Waals surface area contributed by atoms with E-state index in [1.54, 1.807) is 18.0 Å². The van der Waals surface area contributed by atoms with Crippen LogP contribution in [-0.2, 0) is 0 Å². The Morgan fingerprint density at radius 1 is 1.47 bits per heavy atom. The van der Waals surface area contributed by atoms with Crippen molar-refractivity contribution in [1.82, 2.24) is 4.90 Å². The molecule has 0 fully saturated rings. The lowest BCUT2D eigenvalue weighted by atomic mass is 10.0. The fourth-order valence-corrected chi connectivity index (χ4v) is 1.74. The number of alkyl halides is 3. The fourth-order valence-electron chi connectivity index (χ4n) is 1.36. The van der Waals surface area contributed by atoms with Crippen molar-refractivity contribution < 1.29 is 18.3 Å². The average Bonchev–Trinajstić information content (AvgIpc) is 2.36. The number of ether oxygens (including phenoxy) is 1. The molecule has 0 spiro atoms. The molecule has 0 aromatic heterocycles. The van der Waals surface area contributed by atoms with E-state index in [1.165, 1.54) is 18.2 Å². The Balaban J connectivity index is 2.94. The summed E-state index contributed by atoms with van der Waals surface area (Å²) in [5, 5.41) is 0.607. The van der Waals surface area contributed by atoms with Crippen LogP contribution in [0.3, 0.4) is 0 Å². The van der Waals surface area contributed by atoms with Crippen molar-refractivity contribution >= 4 is 21.8 Å². The monoisotopic (exact) mass is 335 g/mol. The second kappa shape index (κ2) is 6.32. The quantitative estimate of drug-likeness (QED) is 0.770. The van der Waals surface area contributed by atoms with Gasteiger partial charge in [-0.1, -0.05) is 22.0 Å². The molecule has 19 heavy (non-hydrogen) atoms. The maximum Gasteiger partial charge on any atom is 0.387 e. The van der Waals surface area contributed by atoms with Gasteiger partial charge in [-0.25, -0.2) is 0 Å². The van der Waals surface area contributed by atoms with Crippen molar-refractivity contribution in [2.24, 2.45) is 0 Å². The molecule has 0 bridgehead atoms. The number of nitrogens with zero attached hydrogens (tertiary/aromatic N) is 1. The number of hydrogen-bond acceptors (Lipinski definition) is 2. The van der Waals surface area contributed by atoms with E-state index in [0.717, 1.165) is 0 Å². The number of rotatable bonds is 5. The molecule has 3 nitrogen and oxygen atoms in total. The lowest BCUT2D eigenvalue weighted by molar-refractivity contribution is -0.0499. The van der Waals surface area contributed by atoms with Gasteiger partial charge in [0.05, 0.1) is 0 Å². The van der Waals surface area contributed by atoms with Crippen LogP contribution in [0.2, 0.25) is 0 Å². The first-order valence-corrected chi connectivity index (χ1v) is 6.79. The molecule has 1 rings (SSSR count). The Bertz CT molecular complexity index is 452. The molecule has 0 atom stereocenters. The molecule has 0 N–H and O–H groups in total. The van der Waals surface area contributed by atoms with E-state index in [-0.39, 0.29) is 17.2 Å². The summed E-state index contributed by atoms with van der Waals surface area (Å²) in [6.45, 7) is 0.903. The lowest BCUT2D eigenvalue weighted by Gasteiger charge is -2.34. The molecule has 0 unspecified atom stereocenters. The first-order chi connectivity index (χ1) is 8.77. The predicted molar refractivity (Wildman–Crippen MR) is 73.0 cm³/mol. The van der Waals surface area contributed by atoms with Gasteiger partial charge in [0.2, 0.25) is 0 Å². The summed E-state index contributed by atoms with van der Waals surface area (Å²) in [5.41, 5.74) is -0.0638. The lowest BCUT2D eigenvalue weighted by Crippen LogP contribution is -2.46. The summed E-state index contributed by atoms with van der Waals surface area (Å²) in [5.74, 6) is -0.268. The van der Waals surface area contributed by atoms with Gasteiger partial charge in [0.25, 0.3) is 5.91 Å². The van der Waals surface area contributed by atoms with Crippen LogP contribution in [0.1, 0.15) is 24.2 Å². The highest BCUT2D eigenvalue weighted by Gasteiger charge is 2.27. The van der Waals surface area contributed by atoms with Crippen LogP contribution in [0.15, 0.2) is 24.3 Å². The second-order valence-corrected chi connectivity index (χ2v) is 5.28. The summed E-state index contributed by atoms with van der Waals surface area (Å²) < 4.78 is 28.5. The van der Waals surface area contributed by atoms with Crippen molar-refractivity contribution in [3.8, 4) is 5.75 Å². The number of hydrogen-bond donors (Lipinski definition) is 0. The zero-order valence-corrected chi connectivity index (χ0v) is 12.6. The van der Waals surface area contributed by atoms with Crippen LogP contribution in [-0.4, -0.2) is 35.3 Å². The molecule has 0 aliphatic heterocycles. The van der Waals surface area contributed by atoms with Gasteiger partial charge in [0.1, 0.15) is 5.75 Å². The molecule has 0 radical (unpaired) electrons. The maximum absolute atomic E-state index is 12.3. The highest BCUT2D eigenvalue weighted by atomic mass is 79.9. The molecule has 6 heteroatoms. The molecule has 0 heterocycles.